The number of amidine groups is 1. The fourth-order valence-electron chi connectivity index (χ4n) is 0. The second-order valence-corrected chi connectivity index (χ2v) is 2.35. The van der Waals surface area contributed by atoms with E-state index < -0.39 is 0 Å². The molecule has 0 radical (unpaired) electrons. The quantitative estimate of drug-likeness (QED) is 0.289. The van der Waals surface area contributed by atoms with Crippen molar-refractivity contribution in [3.8, 4) is 0 Å². The van der Waals surface area contributed by atoms with Crippen LogP contribution in [0.5, 0.6) is 0 Å². The Kier molecular flexibility index (Phi) is 2.24. The average Bonchev–Trinajstić information content (AvgIpc) is 1.38. The molecule has 0 atom stereocenters. The molecule has 30 valence electrons. The van der Waals surface area contributed by atoms with Gasteiger partial charge in [0.2, 0.25) is 0 Å². The molecule has 3 N–H and O–H groups in total. The Hall–Kier alpha value is -0.0105. The molecule has 0 aromatic rings. The summed E-state index contributed by atoms with van der Waals surface area (Å²) in [5, 5.41) is 6.55. The van der Waals surface area contributed by atoms with Crippen LogP contribution in [0.2, 0.25) is 5.82 Å². The van der Waals surface area contributed by atoms with Gasteiger partial charge in [0, 0.05) is 0 Å². The molecule has 0 amide bonds. The zero-order valence-corrected chi connectivity index (χ0v) is 4.70. The molecule has 0 fully saturated rings. The molecule has 0 heterocycles. The molecule has 0 aromatic carbocycles. The summed E-state index contributed by atoms with van der Waals surface area (Å²) >= 11 is 0.236. The maximum absolute atomic E-state index is 6.55. The molecular formula is C2H6N2Se. The third-order valence-corrected chi connectivity index (χ3v) is 1.14. The van der Waals surface area contributed by atoms with Crippen molar-refractivity contribution in [2.75, 3.05) is 0 Å². The van der Waals surface area contributed by atoms with Crippen molar-refractivity contribution in [3.63, 3.8) is 0 Å². The van der Waals surface area contributed by atoms with Gasteiger partial charge in [-0.05, 0) is 0 Å². The monoisotopic (exact) mass is 138 g/mol. The van der Waals surface area contributed by atoms with Crippen LogP contribution in [0.1, 0.15) is 0 Å². The molecular weight excluding hydrogens is 131 g/mol. The molecule has 0 aromatic heterocycles. The second-order valence-electron chi connectivity index (χ2n) is 0.568. The van der Waals surface area contributed by atoms with Gasteiger partial charge in [-0.15, -0.1) is 0 Å². The SMILES string of the molecule is C[Se]C(=N)N. The summed E-state index contributed by atoms with van der Waals surface area (Å²) in [6, 6.07) is 0. The van der Waals surface area contributed by atoms with Crippen LogP contribution in [-0.4, -0.2) is 19.7 Å². The first-order valence-electron chi connectivity index (χ1n) is 1.15. The molecule has 0 saturated heterocycles. The molecule has 0 aliphatic heterocycles. The van der Waals surface area contributed by atoms with Gasteiger partial charge in [0.05, 0.1) is 0 Å². The van der Waals surface area contributed by atoms with Gasteiger partial charge in [-0.25, -0.2) is 0 Å². The first-order valence-corrected chi connectivity index (χ1v) is 3.72. The standard InChI is InChI=1S/C2H6N2Se/c1-5-2(3)4/h1H3,(H3,3,4). The molecule has 0 rings (SSSR count). The van der Waals surface area contributed by atoms with Crippen molar-refractivity contribution in [3.05, 3.63) is 0 Å². The topological polar surface area (TPSA) is 49.9 Å². The van der Waals surface area contributed by atoms with Gasteiger partial charge in [-0.3, -0.25) is 0 Å². The fraction of sp³-hybridized carbons (Fsp3) is 0.500. The Morgan fingerprint density at radius 1 is 2.00 bits per heavy atom. The van der Waals surface area contributed by atoms with Crippen LogP contribution in [0.15, 0.2) is 0 Å². The summed E-state index contributed by atoms with van der Waals surface area (Å²) in [6.45, 7) is 0. The van der Waals surface area contributed by atoms with Crippen LogP contribution in [0.4, 0.5) is 0 Å². The molecule has 0 bridgehead atoms. The first-order chi connectivity index (χ1) is 2.27. The fourth-order valence-corrected chi connectivity index (χ4v) is 0. The third-order valence-electron chi connectivity index (χ3n) is 0.220. The Balaban J connectivity index is 2.85. The summed E-state index contributed by atoms with van der Waals surface area (Å²) in [6.07, 6.45) is 0. The first kappa shape index (κ1) is 4.99. The van der Waals surface area contributed by atoms with Crippen LogP contribution in [0.3, 0.4) is 0 Å². The Morgan fingerprint density at radius 2 is 2.20 bits per heavy atom. The van der Waals surface area contributed by atoms with Crippen molar-refractivity contribution in [2.45, 2.75) is 5.82 Å². The summed E-state index contributed by atoms with van der Waals surface area (Å²) in [5.74, 6) is 1.91. The summed E-state index contributed by atoms with van der Waals surface area (Å²) in [7, 11) is 0. The van der Waals surface area contributed by atoms with Crippen molar-refractivity contribution >= 4 is 19.7 Å². The van der Waals surface area contributed by atoms with E-state index in [1.165, 1.54) is 0 Å². The van der Waals surface area contributed by atoms with Crippen molar-refractivity contribution < 1.29 is 0 Å². The Bertz CT molecular complexity index is 42.9. The van der Waals surface area contributed by atoms with E-state index in [0.29, 0.717) is 4.73 Å². The van der Waals surface area contributed by atoms with E-state index in [4.69, 9.17) is 11.1 Å². The van der Waals surface area contributed by atoms with E-state index in [0.717, 1.165) is 0 Å². The Labute approximate surface area is 37.4 Å². The molecule has 0 spiro atoms. The maximum atomic E-state index is 6.55. The number of nitrogens with two attached hydrogens (primary N) is 1. The van der Waals surface area contributed by atoms with Gasteiger partial charge in [-0.2, -0.15) is 0 Å². The van der Waals surface area contributed by atoms with E-state index in [2.05, 4.69) is 0 Å². The van der Waals surface area contributed by atoms with Crippen molar-refractivity contribution in [1.29, 1.82) is 5.41 Å². The van der Waals surface area contributed by atoms with Crippen molar-refractivity contribution in [2.24, 2.45) is 5.73 Å². The molecule has 0 aliphatic rings. The number of hydrogen-bond donors (Lipinski definition) is 2. The van der Waals surface area contributed by atoms with Gasteiger partial charge >= 0.3 is 36.7 Å². The van der Waals surface area contributed by atoms with E-state index in [1.54, 1.807) is 0 Å². The molecule has 2 nitrogen and oxygen atoms in total. The van der Waals surface area contributed by atoms with Crippen molar-refractivity contribution in [1.82, 2.24) is 0 Å². The predicted octanol–water partition coefficient (Wildman–Crippen LogP) is -0.368. The van der Waals surface area contributed by atoms with E-state index >= 15 is 0 Å². The molecule has 0 unspecified atom stereocenters. The normalized spacial score (nSPS) is 7.40. The van der Waals surface area contributed by atoms with Crippen LogP contribution in [-0.2, 0) is 0 Å². The number of rotatable bonds is 1. The number of hydrogen-bond acceptors (Lipinski definition) is 1. The molecule has 5 heavy (non-hydrogen) atoms. The molecule has 0 saturated carbocycles. The van der Waals surface area contributed by atoms with Crippen LogP contribution in [0, 0.1) is 5.41 Å². The minimum absolute atomic E-state index is 0.236. The molecule has 3 heteroatoms. The second kappa shape index (κ2) is 2.24. The van der Waals surface area contributed by atoms with Gasteiger partial charge in [0.15, 0.2) is 0 Å². The van der Waals surface area contributed by atoms with E-state index in [9.17, 15) is 0 Å². The zero-order valence-electron chi connectivity index (χ0n) is 2.99. The van der Waals surface area contributed by atoms with Gasteiger partial charge in [-0.1, -0.05) is 0 Å². The number of nitrogens with one attached hydrogen (secondary N) is 1. The average molecular weight is 137 g/mol. The van der Waals surface area contributed by atoms with Crippen LogP contribution < -0.4 is 5.73 Å². The Morgan fingerprint density at radius 3 is 2.20 bits per heavy atom. The summed E-state index contributed by atoms with van der Waals surface area (Å²) in [5.41, 5.74) is 4.90. The van der Waals surface area contributed by atoms with Crippen LogP contribution >= 0.6 is 0 Å². The van der Waals surface area contributed by atoms with Gasteiger partial charge in [0.1, 0.15) is 0 Å². The third kappa shape index (κ3) is 3.99. The zero-order chi connectivity index (χ0) is 4.28. The van der Waals surface area contributed by atoms with Crippen LogP contribution in [0.25, 0.3) is 0 Å². The summed E-state index contributed by atoms with van der Waals surface area (Å²) in [4.78, 5) is 0. The predicted molar refractivity (Wildman–Crippen MR) is 23.5 cm³/mol. The van der Waals surface area contributed by atoms with E-state index in [-0.39, 0.29) is 15.0 Å². The minimum atomic E-state index is 0.236. The summed E-state index contributed by atoms with van der Waals surface area (Å²) < 4.78 is 0.317. The van der Waals surface area contributed by atoms with Gasteiger partial charge < -0.3 is 0 Å². The van der Waals surface area contributed by atoms with E-state index in [1.807, 2.05) is 5.82 Å². The van der Waals surface area contributed by atoms with Gasteiger partial charge in [0.25, 0.3) is 0 Å². The molecule has 0 aliphatic carbocycles.